The molecule has 6 heteroatoms. The summed E-state index contributed by atoms with van der Waals surface area (Å²) in [6.45, 7) is 5.32. The van der Waals surface area contributed by atoms with Crippen molar-refractivity contribution >= 4 is 17.7 Å². The molecule has 1 aliphatic carbocycles. The number of aliphatic hydroxyl groups is 1. The molecule has 1 saturated carbocycles. The Labute approximate surface area is 129 Å². The third kappa shape index (κ3) is 3.39. The first kappa shape index (κ1) is 16.3. The summed E-state index contributed by atoms with van der Waals surface area (Å²) < 4.78 is 5.15. The van der Waals surface area contributed by atoms with E-state index < -0.39 is 29.2 Å². The van der Waals surface area contributed by atoms with Crippen LogP contribution < -0.4 is 5.32 Å². The van der Waals surface area contributed by atoms with Crippen molar-refractivity contribution in [1.29, 1.82) is 0 Å². The summed E-state index contributed by atoms with van der Waals surface area (Å²) in [6.07, 6.45) is -0.717. The fourth-order valence-corrected chi connectivity index (χ4v) is 2.57. The number of anilines is 1. The summed E-state index contributed by atoms with van der Waals surface area (Å²) in [5.74, 6) is -0.939. The van der Waals surface area contributed by atoms with Gasteiger partial charge < -0.3 is 14.9 Å². The molecule has 0 atom stereocenters. The smallest absolute Gasteiger partial charge is 0.412 e. The highest BCUT2D eigenvalue weighted by molar-refractivity contribution is 5.86. The largest absolute Gasteiger partial charge is 0.481 e. The zero-order valence-electron chi connectivity index (χ0n) is 12.9. The Bertz CT molecular complexity index is 567. The minimum atomic E-state index is -1.02. The molecule has 1 amide bonds. The van der Waals surface area contributed by atoms with Crippen LogP contribution in [0, 0.1) is 0 Å². The van der Waals surface area contributed by atoms with E-state index in [0.29, 0.717) is 11.3 Å². The lowest BCUT2D eigenvalue weighted by Crippen LogP contribution is -2.50. The number of carbonyl (C=O) groups is 2. The minimum absolute atomic E-state index is 0.209. The number of aliphatic carboxylic acids is 1. The number of rotatable bonds is 3. The molecular weight excluding hydrogens is 286 g/mol. The van der Waals surface area contributed by atoms with E-state index in [4.69, 9.17) is 4.74 Å². The van der Waals surface area contributed by atoms with Crippen molar-refractivity contribution in [3.8, 4) is 0 Å². The van der Waals surface area contributed by atoms with Crippen LogP contribution in [0.15, 0.2) is 24.3 Å². The summed E-state index contributed by atoms with van der Waals surface area (Å²) in [5.41, 5.74) is -0.456. The normalized spacial score (nSPS) is 24.3. The number of hydrogen-bond donors (Lipinski definition) is 3. The minimum Gasteiger partial charge on any atom is -0.481 e. The number of carbonyl (C=O) groups excluding carboxylic acids is 1. The van der Waals surface area contributed by atoms with Gasteiger partial charge >= 0.3 is 12.1 Å². The SMILES string of the molecule is CC(C)(C)OC(=O)Nc1ccc(C2(C(=O)O)CC(O)C2)cc1. The summed E-state index contributed by atoms with van der Waals surface area (Å²) in [7, 11) is 0. The standard InChI is InChI=1S/C16H21NO5/c1-15(2,3)22-14(21)17-11-6-4-10(5-7-11)16(13(19)20)8-12(18)9-16/h4-7,12,18H,8-9H2,1-3H3,(H,17,21)(H,19,20). The molecule has 0 bridgehead atoms. The van der Waals surface area contributed by atoms with E-state index >= 15 is 0 Å². The van der Waals surface area contributed by atoms with Gasteiger partial charge in [-0.3, -0.25) is 10.1 Å². The van der Waals surface area contributed by atoms with E-state index in [-0.39, 0.29) is 12.8 Å². The van der Waals surface area contributed by atoms with Crippen LogP contribution in [0.2, 0.25) is 0 Å². The van der Waals surface area contributed by atoms with Crippen LogP contribution in [-0.4, -0.2) is 34.0 Å². The van der Waals surface area contributed by atoms with Crippen LogP contribution in [0.25, 0.3) is 0 Å². The number of aliphatic hydroxyl groups excluding tert-OH is 1. The molecule has 0 aliphatic heterocycles. The average molecular weight is 307 g/mol. The molecule has 0 saturated heterocycles. The van der Waals surface area contributed by atoms with E-state index in [1.807, 2.05) is 0 Å². The number of benzene rings is 1. The fourth-order valence-electron chi connectivity index (χ4n) is 2.57. The highest BCUT2D eigenvalue weighted by Crippen LogP contribution is 2.44. The molecule has 0 radical (unpaired) electrons. The molecule has 0 aromatic heterocycles. The van der Waals surface area contributed by atoms with Crippen LogP contribution in [0.1, 0.15) is 39.2 Å². The van der Waals surface area contributed by atoms with Gasteiger partial charge in [0.15, 0.2) is 0 Å². The van der Waals surface area contributed by atoms with Gasteiger partial charge in [-0.05, 0) is 51.3 Å². The molecule has 3 N–H and O–H groups in total. The second-order valence-electron chi connectivity index (χ2n) is 6.65. The Balaban J connectivity index is 2.08. The van der Waals surface area contributed by atoms with Gasteiger partial charge in [0.05, 0.1) is 11.5 Å². The molecule has 1 aliphatic rings. The number of carboxylic acid groups (broad SMARTS) is 1. The topological polar surface area (TPSA) is 95.9 Å². The van der Waals surface area contributed by atoms with Gasteiger partial charge in [0, 0.05) is 5.69 Å². The first-order valence-electron chi connectivity index (χ1n) is 7.14. The number of hydrogen-bond acceptors (Lipinski definition) is 4. The van der Waals surface area contributed by atoms with Crippen molar-refractivity contribution < 1.29 is 24.5 Å². The number of ether oxygens (including phenoxy) is 1. The lowest BCUT2D eigenvalue weighted by Gasteiger charge is -2.42. The monoisotopic (exact) mass is 307 g/mol. The Kier molecular flexibility index (Phi) is 4.15. The molecule has 120 valence electrons. The first-order valence-corrected chi connectivity index (χ1v) is 7.14. The molecular formula is C16H21NO5. The Hall–Kier alpha value is -2.08. The van der Waals surface area contributed by atoms with Crippen molar-refractivity contribution in [2.75, 3.05) is 5.32 Å². The molecule has 22 heavy (non-hydrogen) atoms. The Morgan fingerprint density at radius 1 is 1.23 bits per heavy atom. The highest BCUT2D eigenvalue weighted by Gasteiger charge is 2.51. The van der Waals surface area contributed by atoms with Gasteiger partial charge in [-0.15, -0.1) is 0 Å². The second kappa shape index (κ2) is 5.61. The van der Waals surface area contributed by atoms with Gasteiger partial charge in [0.1, 0.15) is 5.60 Å². The fraction of sp³-hybridized carbons (Fsp3) is 0.500. The van der Waals surface area contributed by atoms with Crippen LogP contribution in [-0.2, 0) is 14.9 Å². The Morgan fingerprint density at radius 3 is 2.18 bits per heavy atom. The van der Waals surface area contributed by atoms with Gasteiger partial charge in [0.2, 0.25) is 0 Å². The number of carboxylic acids is 1. The third-order valence-electron chi connectivity index (χ3n) is 3.66. The quantitative estimate of drug-likeness (QED) is 0.797. The van der Waals surface area contributed by atoms with Crippen molar-refractivity contribution in [2.24, 2.45) is 0 Å². The van der Waals surface area contributed by atoms with Crippen LogP contribution in [0.3, 0.4) is 0 Å². The molecule has 0 heterocycles. The van der Waals surface area contributed by atoms with E-state index in [2.05, 4.69) is 5.32 Å². The molecule has 1 aromatic carbocycles. The molecule has 2 rings (SSSR count). The number of amides is 1. The predicted octanol–water partition coefficient (Wildman–Crippen LogP) is 2.51. The summed E-state index contributed by atoms with van der Waals surface area (Å²) in [5, 5.41) is 21.4. The Morgan fingerprint density at radius 2 is 1.77 bits per heavy atom. The van der Waals surface area contributed by atoms with E-state index in [1.54, 1.807) is 45.0 Å². The van der Waals surface area contributed by atoms with Crippen molar-refractivity contribution in [1.82, 2.24) is 0 Å². The van der Waals surface area contributed by atoms with Gasteiger partial charge in [-0.25, -0.2) is 4.79 Å². The van der Waals surface area contributed by atoms with Crippen molar-refractivity contribution in [3.05, 3.63) is 29.8 Å². The van der Waals surface area contributed by atoms with E-state index in [9.17, 15) is 19.8 Å². The summed E-state index contributed by atoms with van der Waals surface area (Å²) >= 11 is 0. The van der Waals surface area contributed by atoms with Gasteiger partial charge in [-0.2, -0.15) is 0 Å². The zero-order valence-corrected chi connectivity index (χ0v) is 12.9. The van der Waals surface area contributed by atoms with Crippen LogP contribution in [0.4, 0.5) is 10.5 Å². The van der Waals surface area contributed by atoms with Gasteiger partial charge in [-0.1, -0.05) is 12.1 Å². The first-order chi connectivity index (χ1) is 10.1. The molecule has 6 nitrogen and oxygen atoms in total. The lowest BCUT2D eigenvalue weighted by molar-refractivity contribution is -0.152. The lowest BCUT2D eigenvalue weighted by atomic mass is 9.63. The van der Waals surface area contributed by atoms with Gasteiger partial charge in [0.25, 0.3) is 0 Å². The molecule has 0 unspecified atom stereocenters. The summed E-state index contributed by atoms with van der Waals surface area (Å²) in [4.78, 5) is 23.1. The van der Waals surface area contributed by atoms with Crippen LogP contribution in [0.5, 0.6) is 0 Å². The molecule has 0 spiro atoms. The second-order valence-corrected chi connectivity index (χ2v) is 6.65. The zero-order chi connectivity index (χ0) is 16.5. The maximum atomic E-state index is 11.7. The van der Waals surface area contributed by atoms with Crippen molar-refractivity contribution in [3.63, 3.8) is 0 Å². The molecule has 1 aromatic rings. The molecule has 1 fully saturated rings. The third-order valence-corrected chi connectivity index (χ3v) is 3.66. The maximum Gasteiger partial charge on any atom is 0.412 e. The van der Waals surface area contributed by atoms with Crippen LogP contribution >= 0.6 is 0 Å². The van der Waals surface area contributed by atoms with E-state index in [1.165, 1.54) is 0 Å². The van der Waals surface area contributed by atoms with E-state index in [0.717, 1.165) is 0 Å². The maximum absolute atomic E-state index is 11.7. The average Bonchev–Trinajstić information content (AvgIpc) is 2.33. The highest BCUT2D eigenvalue weighted by atomic mass is 16.6. The van der Waals surface area contributed by atoms with Crippen molar-refractivity contribution in [2.45, 2.75) is 50.7 Å². The summed E-state index contributed by atoms with van der Waals surface area (Å²) in [6, 6.07) is 6.59. The number of nitrogens with one attached hydrogen (secondary N) is 1. The predicted molar refractivity (Wildman–Crippen MR) is 80.9 cm³/mol.